The number of alkyl carbamates (subject to hydrolysis) is 1. The Balaban J connectivity index is 3.01. The predicted octanol–water partition coefficient (Wildman–Crippen LogP) is 1.62. The molecule has 22 heavy (non-hydrogen) atoms. The molecule has 0 aromatic heterocycles. The van der Waals surface area contributed by atoms with Gasteiger partial charge in [-0.3, -0.25) is 0 Å². The second-order valence-corrected chi connectivity index (χ2v) is 6.07. The van der Waals surface area contributed by atoms with E-state index in [0.29, 0.717) is 0 Å². The fraction of sp³-hybridized carbons (Fsp3) is 0.500. The Morgan fingerprint density at radius 1 is 1.18 bits per heavy atom. The van der Waals surface area contributed by atoms with E-state index in [9.17, 15) is 9.59 Å². The molecule has 122 valence electrons. The summed E-state index contributed by atoms with van der Waals surface area (Å²) in [7, 11) is 1.26. The Morgan fingerprint density at radius 3 is 2.23 bits per heavy atom. The maximum absolute atomic E-state index is 12.2. The first-order chi connectivity index (χ1) is 10.2. The third-order valence-electron chi connectivity index (χ3n) is 3.01. The number of methoxy groups -OCH3 is 1. The van der Waals surface area contributed by atoms with Crippen molar-refractivity contribution in [3.05, 3.63) is 35.9 Å². The SMILES string of the molecule is COC(=O)C(CN)(Cc1ccccc1)NC(=O)OC(C)(C)C. The van der Waals surface area contributed by atoms with E-state index in [-0.39, 0.29) is 13.0 Å². The minimum Gasteiger partial charge on any atom is -0.467 e. The average molecular weight is 308 g/mol. The van der Waals surface area contributed by atoms with Gasteiger partial charge in [0.1, 0.15) is 5.60 Å². The molecule has 0 saturated carbocycles. The Hall–Kier alpha value is -2.08. The van der Waals surface area contributed by atoms with Gasteiger partial charge in [-0.15, -0.1) is 0 Å². The number of carbonyl (C=O) groups excluding carboxylic acids is 2. The van der Waals surface area contributed by atoms with Crippen molar-refractivity contribution in [2.24, 2.45) is 5.73 Å². The number of ether oxygens (including phenoxy) is 2. The van der Waals surface area contributed by atoms with Crippen molar-refractivity contribution in [3.8, 4) is 0 Å². The van der Waals surface area contributed by atoms with Gasteiger partial charge in [0.25, 0.3) is 0 Å². The van der Waals surface area contributed by atoms with Gasteiger partial charge in [-0.05, 0) is 26.3 Å². The van der Waals surface area contributed by atoms with Crippen molar-refractivity contribution in [3.63, 3.8) is 0 Å². The summed E-state index contributed by atoms with van der Waals surface area (Å²) in [5.41, 5.74) is 4.59. The number of esters is 1. The molecule has 0 heterocycles. The number of hydrogen-bond donors (Lipinski definition) is 2. The van der Waals surface area contributed by atoms with Gasteiger partial charge in [-0.2, -0.15) is 0 Å². The van der Waals surface area contributed by atoms with Crippen LogP contribution in [0.25, 0.3) is 0 Å². The van der Waals surface area contributed by atoms with E-state index in [1.165, 1.54) is 7.11 Å². The summed E-state index contributed by atoms with van der Waals surface area (Å²) in [6.45, 7) is 5.12. The minimum atomic E-state index is -1.36. The highest BCUT2D eigenvalue weighted by atomic mass is 16.6. The molecule has 0 aliphatic rings. The molecule has 1 aromatic carbocycles. The molecule has 0 radical (unpaired) electrons. The standard InChI is InChI=1S/C16H24N2O4/c1-15(2,3)22-14(20)18-16(11-17,13(19)21-4)10-12-8-6-5-7-9-12/h5-9H,10-11,17H2,1-4H3,(H,18,20). The largest absolute Gasteiger partial charge is 0.467 e. The van der Waals surface area contributed by atoms with E-state index >= 15 is 0 Å². The summed E-state index contributed by atoms with van der Waals surface area (Å²) in [5.74, 6) is -0.607. The molecular formula is C16H24N2O4. The van der Waals surface area contributed by atoms with Gasteiger partial charge in [0.15, 0.2) is 5.54 Å². The zero-order valence-corrected chi connectivity index (χ0v) is 13.5. The van der Waals surface area contributed by atoms with Gasteiger partial charge in [-0.1, -0.05) is 30.3 Å². The third kappa shape index (κ3) is 5.04. The van der Waals surface area contributed by atoms with Gasteiger partial charge in [0.2, 0.25) is 0 Å². The normalized spacial score (nSPS) is 13.9. The second kappa shape index (κ2) is 7.26. The third-order valence-corrected chi connectivity index (χ3v) is 3.01. The molecule has 3 N–H and O–H groups in total. The maximum Gasteiger partial charge on any atom is 0.408 e. The summed E-state index contributed by atoms with van der Waals surface area (Å²) in [6.07, 6.45) is -0.490. The van der Waals surface area contributed by atoms with Crippen molar-refractivity contribution >= 4 is 12.1 Å². The highest BCUT2D eigenvalue weighted by Crippen LogP contribution is 2.16. The monoisotopic (exact) mass is 308 g/mol. The van der Waals surface area contributed by atoms with Crippen molar-refractivity contribution in [2.45, 2.75) is 38.3 Å². The zero-order chi connectivity index (χ0) is 16.8. The van der Waals surface area contributed by atoms with Crippen LogP contribution in [0.5, 0.6) is 0 Å². The van der Waals surface area contributed by atoms with Crippen LogP contribution < -0.4 is 11.1 Å². The average Bonchev–Trinajstić information content (AvgIpc) is 2.44. The molecule has 1 rings (SSSR count). The van der Waals surface area contributed by atoms with Gasteiger partial charge < -0.3 is 20.5 Å². The van der Waals surface area contributed by atoms with E-state index in [2.05, 4.69) is 5.32 Å². The quantitative estimate of drug-likeness (QED) is 0.807. The van der Waals surface area contributed by atoms with Gasteiger partial charge in [-0.25, -0.2) is 9.59 Å². The Bertz CT molecular complexity index is 511. The lowest BCUT2D eigenvalue weighted by atomic mass is 9.91. The number of rotatable bonds is 5. The van der Waals surface area contributed by atoms with Crippen LogP contribution in [0.15, 0.2) is 30.3 Å². The molecule has 0 saturated heterocycles. The van der Waals surface area contributed by atoms with Crippen molar-refractivity contribution in [2.75, 3.05) is 13.7 Å². The lowest BCUT2D eigenvalue weighted by Gasteiger charge is -2.32. The molecule has 1 unspecified atom stereocenters. The Kier molecular flexibility index (Phi) is 5.93. The van der Waals surface area contributed by atoms with E-state index in [1.54, 1.807) is 20.8 Å². The summed E-state index contributed by atoms with van der Waals surface area (Å²) < 4.78 is 10.0. The highest BCUT2D eigenvalue weighted by Gasteiger charge is 2.41. The lowest BCUT2D eigenvalue weighted by Crippen LogP contribution is -2.61. The minimum absolute atomic E-state index is 0.103. The molecular weight excluding hydrogens is 284 g/mol. The Labute approximate surface area is 131 Å². The van der Waals surface area contributed by atoms with Crippen molar-refractivity contribution in [1.29, 1.82) is 0 Å². The first-order valence-electron chi connectivity index (χ1n) is 7.06. The zero-order valence-electron chi connectivity index (χ0n) is 13.5. The number of nitrogens with one attached hydrogen (secondary N) is 1. The van der Waals surface area contributed by atoms with E-state index in [0.717, 1.165) is 5.56 Å². The molecule has 0 aliphatic carbocycles. The fourth-order valence-corrected chi connectivity index (χ4v) is 2.01. The van der Waals surface area contributed by atoms with Gasteiger partial charge in [0, 0.05) is 13.0 Å². The summed E-state index contributed by atoms with van der Waals surface area (Å²) in [6, 6.07) is 9.27. The van der Waals surface area contributed by atoms with E-state index in [1.807, 2.05) is 30.3 Å². The molecule has 1 amide bonds. The number of carbonyl (C=O) groups is 2. The molecule has 1 aromatic rings. The van der Waals surface area contributed by atoms with Crippen LogP contribution in [-0.2, 0) is 20.7 Å². The van der Waals surface area contributed by atoms with Crippen LogP contribution in [0.4, 0.5) is 4.79 Å². The summed E-state index contributed by atoms with van der Waals surface area (Å²) in [4.78, 5) is 24.2. The molecule has 6 heteroatoms. The topological polar surface area (TPSA) is 90.6 Å². The van der Waals surface area contributed by atoms with Crippen LogP contribution in [-0.4, -0.2) is 36.9 Å². The molecule has 0 spiro atoms. The maximum atomic E-state index is 12.2. The molecule has 6 nitrogen and oxygen atoms in total. The van der Waals surface area contributed by atoms with Crippen LogP contribution in [0.2, 0.25) is 0 Å². The summed E-state index contributed by atoms with van der Waals surface area (Å²) >= 11 is 0. The first-order valence-corrected chi connectivity index (χ1v) is 7.06. The van der Waals surface area contributed by atoms with Gasteiger partial charge >= 0.3 is 12.1 Å². The number of hydrogen-bond acceptors (Lipinski definition) is 5. The van der Waals surface area contributed by atoms with Crippen LogP contribution in [0, 0.1) is 0 Å². The smallest absolute Gasteiger partial charge is 0.408 e. The van der Waals surface area contributed by atoms with Crippen LogP contribution >= 0.6 is 0 Å². The Morgan fingerprint density at radius 2 is 1.77 bits per heavy atom. The number of amides is 1. The number of nitrogens with two attached hydrogens (primary N) is 1. The van der Waals surface area contributed by atoms with Crippen molar-refractivity contribution < 1.29 is 19.1 Å². The fourth-order valence-electron chi connectivity index (χ4n) is 2.01. The second-order valence-electron chi connectivity index (χ2n) is 6.07. The van der Waals surface area contributed by atoms with E-state index in [4.69, 9.17) is 15.2 Å². The molecule has 1 atom stereocenters. The molecule has 0 aliphatic heterocycles. The first kappa shape index (κ1) is 18.0. The highest BCUT2D eigenvalue weighted by molar-refractivity contribution is 5.86. The molecule has 0 bridgehead atoms. The summed E-state index contributed by atoms with van der Waals surface area (Å²) in [5, 5.41) is 2.58. The lowest BCUT2D eigenvalue weighted by molar-refractivity contribution is -0.148. The number of benzene rings is 1. The molecule has 0 fully saturated rings. The van der Waals surface area contributed by atoms with Gasteiger partial charge in [0.05, 0.1) is 7.11 Å². The van der Waals surface area contributed by atoms with Crippen LogP contribution in [0.3, 0.4) is 0 Å². The van der Waals surface area contributed by atoms with Crippen LogP contribution in [0.1, 0.15) is 26.3 Å². The predicted molar refractivity (Wildman–Crippen MR) is 83.3 cm³/mol. The van der Waals surface area contributed by atoms with Crippen molar-refractivity contribution in [1.82, 2.24) is 5.32 Å². The van der Waals surface area contributed by atoms with E-state index < -0.39 is 23.2 Å².